The molecule has 4 aromatic heterocycles. The molecule has 11 aromatic rings. The topological polar surface area (TPSA) is 56.7 Å². The van der Waals surface area contributed by atoms with Crippen LogP contribution >= 0.6 is 11.3 Å². The summed E-state index contributed by atoms with van der Waals surface area (Å²) in [4.78, 5) is 13.5. The van der Waals surface area contributed by atoms with Crippen LogP contribution in [0, 0.1) is 0 Å². The zero-order valence-electron chi connectivity index (χ0n) is 36.3. The highest BCUT2D eigenvalue weighted by molar-refractivity contribution is 7.26. The van der Waals surface area contributed by atoms with Gasteiger partial charge in [-0.15, -0.1) is 11.3 Å². The Hall–Kier alpha value is -6.63. The van der Waals surface area contributed by atoms with Gasteiger partial charge in [-0.25, -0.2) is 15.0 Å². The van der Waals surface area contributed by atoms with Gasteiger partial charge in [0, 0.05) is 64.1 Å². The maximum atomic E-state index is 8.65. The fourth-order valence-corrected chi connectivity index (χ4v) is 8.14. The molecule has 0 spiro atoms. The second-order valence-electron chi connectivity index (χ2n) is 12.1. The molecule has 0 fully saturated rings. The van der Waals surface area contributed by atoms with E-state index in [9.17, 15) is 0 Å². The van der Waals surface area contributed by atoms with E-state index in [1.807, 2.05) is 24.3 Å². The third kappa shape index (κ3) is 4.37. The first-order valence-electron chi connectivity index (χ1n) is 21.1. The maximum Gasteiger partial charge on any atom is 0.164 e. The van der Waals surface area contributed by atoms with E-state index in [0.717, 1.165) is 38.3 Å². The molecule has 238 valence electrons. The van der Waals surface area contributed by atoms with E-state index in [0.29, 0.717) is 16.7 Å². The van der Waals surface area contributed by atoms with Gasteiger partial charge < -0.3 is 8.98 Å². The lowest BCUT2D eigenvalue weighted by Crippen LogP contribution is -2.00. The van der Waals surface area contributed by atoms with Gasteiger partial charge in [-0.05, 0) is 48.5 Å². The van der Waals surface area contributed by atoms with Gasteiger partial charge in [0.1, 0.15) is 11.2 Å². The van der Waals surface area contributed by atoms with Crippen molar-refractivity contribution in [2.24, 2.45) is 0 Å². The fourth-order valence-electron chi connectivity index (χ4n) is 7.03. The Labute approximate surface area is 309 Å². The maximum absolute atomic E-state index is 8.65. The summed E-state index contributed by atoms with van der Waals surface area (Å²) in [6, 6.07) is 26.7. The summed E-state index contributed by atoms with van der Waals surface area (Å²) in [5.74, 6) is -0.715. The van der Waals surface area contributed by atoms with E-state index >= 15 is 0 Å². The zero-order valence-corrected chi connectivity index (χ0v) is 27.2. The average Bonchev–Trinajstić information content (AvgIpc) is 3.95. The van der Waals surface area contributed by atoms with Crippen LogP contribution in [-0.2, 0) is 0 Å². The number of benzene rings is 7. The molecule has 6 heteroatoms. The minimum atomic E-state index is -0.612. The van der Waals surface area contributed by atoms with E-state index < -0.39 is 60.4 Å². The second-order valence-corrected chi connectivity index (χ2v) is 13.2. The Balaban J connectivity index is 1.12. The highest BCUT2D eigenvalue weighted by atomic mass is 32.1. The van der Waals surface area contributed by atoms with Crippen LogP contribution in [-0.4, -0.2) is 19.5 Å². The van der Waals surface area contributed by atoms with Gasteiger partial charge in [-0.1, -0.05) is 109 Å². The van der Waals surface area contributed by atoms with Crippen molar-refractivity contribution in [2.45, 2.75) is 0 Å². The normalized spacial score (nSPS) is 14.7. The number of thiophene rings is 1. The molecular formula is C45H26N4OS. The first kappa shape index (κ1) is 20.1. The van der Waals surface area contributed by atoms with Crippen LogP contribution in [0.25, 0.3) is 104 Å². The molecular weight excluding hydrogens is 645 g/mol. The van der Waals surface area contributed by atoms with Crippen LogP contribution in [0.1, 0.15) is 13.7 Å². The van der Waals surface area contributed by atoms with Crippen LogP contribution in [0.4, 0.5) is 0 Å². The number of furan rings is 1. The Morgan fingerprint density at radius 2 is 1.18 bits per heavy atom. The molecule has 0 atom stereocenters. The smallest absolute Gasteiger partial charge is 0.164 e. The first-order valence-corrected chi connectivity index (χ1v) is 16.9. The van der Waals surface area contributed by atoms with E-state index in [1.54, 1.807) is 23.5 Å². The molecule has 0 unspecified atom stereocenters. The molecule has 0 aliphatic carbocycles. The summed E-state index contributed by atoms with van der Waals surface area (Å²) in [7, 11) is 0. The van der Waals surface area contributed by atoms with Crippen molar-refractivity contribution < 1.29 is 18.1 Å². The minimum Gasteiger partial charge on any atom is -0.456 e. The summed E-state index contributed by atoms with van der Waals surface area (Å²) in [6.45, 7) is 0. The molecule has 7 aromatic carbocycles. The molecule has 0 saturated heterocycles. The number of nitrogens with zero attached hydrogens (tertiary/aromatic N) is 4. The molecule has 0 bridgehead atoms. The summed E-state index contributed by atoms with van der Waals surface area (Å²) in [6.07, 6.45) is 0. The lowest BCUT2D eigenvalue weighted by atomic mass is 10.1. The van der Waals surface area contributed by atoms with Crippen LogP contribution in [0.2, 0.25) is 0 Å². The van der Waals surface area contributed by atoms with Crippen LogP contribution < -0.4 is 0 Å². The Morgan fingerprint density at radius 1 is 0.510 bits per heavy atom. The van der Waals surface area contributed by atoms with Gasteiger partial charge >= 0.3 is 0 Å². The third-order valence-corrected chi connectivity index (χ3v) is 10.4. The van der Waals surface area contributed by atoms with Gasteiger partial charge in [-0.2, -0.15) is 0 Å². The molecule has 0 N–H and O–H groups in total. The number of rotatable bonds is 4. The van der Waals surface area contributed by atoms with Crippen molar-refractivity contribution in [1.82, 2.24) is 19.5 Å². The number of para-hydroxylation sites is 1. The number of aromatic nitrogens is 4. The van der Waals surface area contributed by atoms with E-state index in [1.165, 1.54) is 20.2 Å². The Bertz CT molecular complexity index is 3600. The molecule has 0 radical (unpaired) electrons. The van der Waals surface area contributed by atoms with Crippen LogP contribution in [0.3, 0.4) is 0 Å². The summed E-state index contributed by atoms with van der Waals surface area (Å²) in [5, 5.41) is 6.32. The average molecular weight is 681 g/mol. The summed E-state index contributed by atoms with van der Waals surface area (Å²) in [5.41, 5.74) is 3.93. The Kier molecular flexibility index (Phi) is 4.32. The number of hydrogen-bond donors (Lipinski definition) is 0. The molecule has 5 nitrogen and oxygen atoms in total. The lowest BCUT2D eigenvalue weighted by molar-refractivity contribution is 0.669. The quantitative estimate of drug-likeness (QED) is 0.186. The SMILES string of the molecule is [2H]c1c([2H])c([2H])c(-c2nc(-c3ccc4c(c3)oc3ccc(-n5c6ccccc6c6ccc7sc8ccccc8c7c65)cc34)nc(-c3c([2H])c([2H])c([2H])c([2H])c3[2H])n2)c([2H])c1[2H]. The largest absolute Gasteiger partial charge is 0.456 e. The lowest BCUT2D eigenvalue weighted by Gasteiger charge is -2.09. The number of hydrogen-bond acceptors (Lipinski definition) is 5. The second kappa shape index (κ2) is 10.9. The van der Waals surface area contributed by atoms with Gasteiger partial charge in [0.05, 0.1) is 24.7 Å². The molecule has 0 saturated carbocycles. The molecule has 4 heterocycles. The highest BCUT2D eigenvalue weighted by Gasteiger charge is 2.20. The molecule has 11 rings (SSSR count). The van der Waals surface area contributed by atoms with Gasteiger partial charge in [0.25, 0.3) is 0 Å². The minimum absolute atomic E-state index is 0.0426. The molecule has 51 heavy (non-hydrogen) atoms. The summed E-state index contributed by atoms with van der Waals surface area (Å²) < 4.78 is 95.1. The van der Waals surface area contributed by atoms with Gasteiger partial charge in [0.2, 0.25) is 0 Å². The van der Waals surface area contributed by atoms with Gasteiger partial charge in [0.15, 0.2) is 17.5 Å². The van der Waals surface area contributed by atoms with Crippen molar-refractivity contribution in [3.63, 3.8) is 0 Å². The standard InChI is InChI=1S/C45H26N4OS/c1-3-11-27(12-4-1)43-46-44(28-13-5-2-6-14-28)48-45(47-43)29-19-21-32-35-26-30(20-23-37(35)50-38(32)25-29)49-36-17-9-7-15-31(36)33-22-24-40-41(42(33)49)34-16-8-10-18-39(34)51-40/h1-26H/i1D,2D,3D,4D,5D,6D,11D,12D,13D,14D. The summed E-state index contributed by atoms with van der Waals surface area (Å²) >= 11 is 1.77. The molecule has 0 amide bonds. The van der Waals surface area contributed by atoms with Crippen molar-refractivity contribution in [3.05, 3.63) is 157 Å². The van der Waals surface area contributed by atoms with E-state index in [-0.39, 0.29) is 28.6 Å². The number of fused-ring (bicyclic) bond motifs is 10. The fraction of sp³-hybridized carbons (Fsp3) is 0. The highest BCUT2D eigenvalue weighted by Crippen LogP contribution is 2.43. The van der Waals surface area contributed by atoms with Crippen molar-refractivity contribution in [2.75, 3.05) is 0 Å². The predicted octanol–water partition coefficient (Wildman–Crippen LogP) is 12.2. The van der Waals surface area contributed by atoms with Crippen LogP contribution in [0.5, 0.6) is 0 Å². The Morgan fingerprint density at radius 3 is 1.94 bits per heavy atom. The van der Waals surface area contributed by atoms with E-state index in [4.69, 9.17) is 18.1 Å². The molecule has 0 aliphatic rings. The molecule has 0 aliphatic heterocycles. The first-order chi connectivity index (χ1) is 29.4. The monoisotopic (exact) mass is 680 g/mol. The predicted molar refractivity (Wildman–Crippen MR) is 211 cm³/mol. The van der Waals surface area contributed by atoms with Crippen molar-refractivity contribution in [1.29, 1.82) is 0 Å². The van der Waals surface area contributed by atoms with Crippen molar-refractivity contribution in [3.8, 4) is 39.9 Å². The van der Waals surface area contributed by atoms with Crippen molar-refractivity contribution >= 4 is 75.3 Å². The van der Waals surface area contributed by atoms with E-state index in [2.05, 4.69) is 80.2 Å². The third-order valence-electron chi connectivity index (χ3n) is 9.23. The van der Waals surface area contributed by atoms with Gasteiger partial charge in [-0.3, -0.25) is 0 Å². The van der Waals surface area contributed by atoms with Crippen LogP contribution in [0.15, 0.2) is 162 Å². The zero-order chi connectivity index (χ0) is 42.2.